The fourth-order valence-corrected chi connectivity index (χ4v) is 2.94. The van der Waals surface area contributed by atoms with Gasteiger partial charge >= 0.3 is 5.97 Å². The topological polar surface area (TPSA) is 101 Å². The summed E-state index contributed by atoms with van der Waals surface area (Å²) in [6.45, 7) is 1.84. The molecule has 1 saturated heterocycles. The molecule has 1 fully saturated rings. The maximum Gasteiger partial charge on any atom is 0.337 e. The van der Waals surface area contributed by atoms with E-state index in [0.29, 0.717) is 15.7 Å². The molecule has 20 heavy (non-hydrogen) atoms. The Kier molecular flexibility index (Phi) is 3.80. The van der Waals surface area contributed by atoms with Crippen LogP contribution >= 0.6 is 15.9 Å². The third-order valence-corrected chi connectivity index (χ3v) is 3.75. The molecule has 0 bridgehead atoms. The van der Waals surface area contributed by atoms with Crippen molar-refractivity contribution in [3.05, 3.63) is 27.7 Å². The van der Waals surface area contributed by atoms with Crippen LogP contribution in [0.5, 0.6) is 0 Å². The van der Waals surface area contributed by atoms with Crippen LogP contribution in [0, 0.1) is 12.8 Å². The molecule has 2 rings (SSSR count). The number of primary amides is 1. The zero-order valence-corrected chi connectivity index (χ0v) is 12.3. The number of rotatable bonds is 3. The standard InChI is InChI=1S/C13H13BrN2O4/c1-6-2-8(14)4-9(13(19)20)11(6)16-5-7(12(15)18)3-10(16)17/h2,4,7H,3,5H2,1H3,(H2,15,18)(H,19,20). The van der Waals surface area contributed by atoms with Crippen molar-refractivity contribution < 1.29 is 19.5 Å². The van der Waals surface area contributed by atoms with Crippen LogP contribution in [0.2, 0.25) is 0 Å². The van der Waals surface area contributed by atoms with Gasteiger partial charge in [0.2, 0.25) is 11.8 Å². The third-order valence-electron chi connectivity index (χ3n) is 3.29. The SMILES string of the molecule is Cc1cc(Br)cc(C(=O)O)c1N1CC(C(N)=O)CC1=O. The zero-order valence-electron chi connectivity index (χ0n) is 10.7. The average Bonchev–Trinajstić information content (AvgIpc) is 2.70. The number of nitrogens with zero attached hydrogens (tertiary/aromatic N) is 1. The van der Waals surface area contributed by atoms with Gasteiger partial charge in [0.05, 0.1) is 17.2 Å². The first-order valence-corrected chi connectivity index (χ1v) is 6.73. The molecule has 7 heteroatoms. The molecule has 1 aliphatic heterocycles. The highest BCUT2D eigenvalue weighted by Crippen LogP contribution is 2.33. The molecule has 1 unspecified atom stereocenters. The molecule has 0 aromatic heterocycles. The van der Waals surface area contributed by atoms with Gasteiger partial charge in [0.15, 0.2) is 0 Å². The Balaban J connectivity index is 2.50. The number of carbonyl (C=O) groups excluding carboxylic acids is 2. The predicted molar refractivity (Wildman–Crippen MR) is 75.5 cm³/mol. The van der Waals surface area contributed by atoms with Gasteiger partial charge in [-0.05, 0) is 24.6 Å². The van der Waals surface area contributed by atoms with Gasteiger partial charge in [-0.15, -0.1) is 0 Å². The Hall–Kier alpha value is -1.89. The molecular weight excluding hydrogens is 328 g/mol. The summed E-state index contributed by atoms with van der Waals surface area (Å²) in [5.41, 5.74) is 6.22. The minimum absolute atomic E-state index is 0.0178. The summed E-state index contributed by atoms with van der Waals surface area (Å²) in [4.78, 5) is 35.9. The van der Waals surface area contributed by atoms with Crippen molar-refractivity contribution in [2.75, 3.05) is 11.4 Å². The first-order valence-electron chi connectivity index (χ1n) is 5.94. The number of nitrogens with two attached hydrogens (primary N) is 1. The molecule has 1 aliphatic rings. The molecule has 1 atom stereocenters. The van der Waals surface area contributed by atoms with Gasteiger partial charge in [-0.25, -0.2) is 4.79 Å². The van der Waals surface area contributed by atoms with Crippen LogP contribution in [-0.4, -0.2) is 29.4 Å². The van der Waals surface area contributed by atoms with Gasteiger partial charge in [-0.3, -0.25) is 9.59 Å². The van der Waals surface area contributed by atoms with Crippen LogP contribution in [0.25, 0.3) is 0 Å². The minimum Gasteiger partial charge on any atom is -0.478 e. The first kappa shape index (κ1) is 14.5. The summed E-state index contributed by atoms with van der Waals surface area (Å²) in [6.07, 6.45) is 0.0178. The lowest BCUT2D eigenvalue weighted by Gasteiger charge is -2.21. The molecule has 3 N–H and O–H groups in total. The Bertz CT molecular complexity index is 615. The second kappa shape index (κ2) is 5.24. The fourth-order valence-electron chi connectivity index (χ4n) is 2.37. The summed E-state index contributed by atoms with van der Waals surface area (Å²) in [6, 6.07) is 3.17. The number of carboxylic acids is 1. The van der Waals surface area contributed by atoms with Crippen molar-refractivity contribution in [3.8, 4) is 0 Å². The van der Waals surface area contributed by atoms with E-state index in [1.54, 1.807) is 13.0 Å². The normalized spacial score (nSPS) is 18.4. The van der Waals surface area contributed by atoms with Crippen LogP contribution in [0.15, 0.2) is 16.6 Å². The van der Waals surface area contributed by atoms with E-state index in [9.17, 15) is 19.5 Å². The number of halogens is 1. The summed E-state index contributed by atoms with van der Waals surface area (Å²) < 4.78 is 0.620. The molecule has 1 aromatic carbocycles. The number of amides is 2. The van der Waals surface area contributed by atoms with E-state index >= 15 is 0 Å². The van der Waals surface area contributed by atoms with E-state index in [-0.39, 0.29) is 24.4 Å². The van der Waals surface area contributed by atoms with Gasteiger partial charge in [0, 0.05) is 17.4 Å². The summed E-state index contributed by atoms with van der Waals surface area (Å²) in [5.74, 6) is -2.54. The Morgan fingerprint density at radius 3 is 2.60 bits per heavy atom. The van der Waals surface area contributed by atoms with Crippen molar-refractivity contribution in [3.63, 3.8) is 0 Å². The smallest absolute Gasteiger partial charge is 0.337 e. The second-order valence-corrected chi connectivity index (χ2v) is 5.65. The number of aryl methyl sites for hydroxylation is 1. The van der Waals surface area contributed by atoms with Crippen LogP contribution in [0.1, 0.15) is 22.3 Å². The number of benzene rings is 1. The van der Waals surface area contributed by atoms with Crippen LogP contribution < -0.4 is 10.6 Å². The van der Waals surface area contributed by atoms with Gasteiger partial charge in [-0.2, -0.15) is 0 Å². The molecule has 1 heterocycles. The number of anilines is 1. The molecule has 1 aromatic rings. The molecule has 6 nitrogen and oxygen atoms in total. The molecule has 0 saturated carbocycles. The summed E-state index contributed by atoms with van der Waals surface area (Å²) >= 11 is 3.23. The van der Waals surface area contributed by atoms with E-state index in [1.165, 1.54) is 11.0 Å². The van der Waals surface area contributed by atoms with E-state index in [4.69, 9.17) is 5.73 Å². The average molecular weight is 341 g/mol. The highest BCUT2D eigenvalue weighted by molar-refractivity contribution is 9.10. The zero-order chi connectivity index (χ0) is 15.0. The second-order valence-electron chi connectivity index (χ2n) is 4.73. The van der Waals surface area contributed by atoms with Crippen molar-refractivity contribution in [1.82, 2.24) is 0 Å². The van der Waals surface area contributed by atoms with Crippen LogP contribution in [-0.2, 0) is 9.59 Å². The number of aromatic carboxylic acids is 1. The number of hydrogen-bond acceptors (Lipinski definition) is 3. The molecule has 0 aliphatic carbocycles. The van der Waals surface area contributed by atoms with Crippen molar-refractivity contribution in [2.45, 2.75) is 13.3 Å². The maximum atomic E-state index is 12.0. The lowest BCUT2D eigenvalue weighted by molar-refractivity contribution is -0.123. The third kappa shape index (κ3) is 2.53. The van der Waals surface area contributed by atoms with Gasteiger partial charge in [0.25, 0.3) is 0 Å². The van der Waals surface area contributed by atoms with E-state index in [0.717, 1.165) is 0 Å². The highest BCUT2D eigenvalue weighted by atomic mass is 79.9. The first-order chi connectivity index (χ1) is 9.31. The number of carbonyl (C=O) groups is 3. The lowest BCUT2D eigenvalue weighted by atomic mass is 10.1. The Labute approximate surface area is 123 Å². The Morgan fingerprint density at radius 1 is 1.45 bits per heavy atom. The van der Waals surface area contributed by atoms with Gasteiger partial charge < -0.3 is 15.7 Å². The quantitative estimate of drug-likeness (QED) is 0.865. The van der Waals surface area contributed by atoms with E-state index in [1.807, 2.05) is 0 Å². The molecule has 0 spiro atoms. The van der Waals surface area contributed by atoms with Gasteiger partial charge in [-0.1, -0.05) is 15.9 Å². The van der Waals surface area contributed by atoms with E-state index < -0.39 is 17.8 Å². The van der Waals surface area contributed by atoms with Crippen LogP contribution in [0.3, 0.4) is 0 Å². The molecule has 0 radical (unpaired) electrons. The monoisotopic (exact) mass is 340 g/mol. The summed E-state index contributed by atoms with van der Waals surface area (Å²) in [7, 11) is 0. The highest BCUT2D eigenvalue weighted by Gasteiger charge is 2.36. The maximum absolute atomic E-state index is 12.0. The van der Waals surface area contributed by atoms with Crippen LogP contribution in [0.4, 0.5) is 5.69 Å². The largest absolute Gasteiger partial charge is 0.478 e. The Morgan fingerprint density at radius 2 is 2.10 bits per heavy atom. The lowest BCUT2D eigenvalue weighted by Crippen LogP contribution is -2.30. The number of carboxylic acid groups (broad SMARTS) is 1. The van der Waals surface area contributed by atoms with Gasteiger partial charge in [0.1, 0.15) is 0 Å². The molecular formula is C13H13BrN2O4. The summed E-state index contributed by atoms with van der Waals surface area (Å²) in [5, 5.41) is 9.29. The number of hydrogen-bond donors (Lipinski definition) is 2. The fraction of sp³-hybridized carbons (Fsp3) is 0.308. The van der Waals surface area contributed by atoms with E-state index in [2.05, 4.69) is 15.9 Å². The molecule has 106 valence electrons. The predicted octanol–water partition coefficient (Wildman–Crippen LogP) is 1.29. The minimum atomic E-state index is -1.13. The van der Waals surface area contributed by atoms with Crippen molar-refractivity contribution >= 4 is 39.4 Å². The van der Waals surface area contributed by atoms with Crippen molar-refractivity contribution in [2.24, 2.45) is 11.7 Å². The van der Waals surface area contributed by atoms with Crippen molar-refractivity contribution in [1.29, 1.82) is 0 Å². The molecule has 2 amide bonds.